The number of hydrogen-bond acceptors (Lipinski definition) is 2. The number of pyridine rings is 1. The Morgan fingerprint density at radius 2 is 1.34 bits per heavy atom. The molecule has 5 rings (SSSR count). The minimum absolute atomic E-state index is 0.0360. The summed E-state index contributed by atoms with van der Waals surface area (Å²) in [6, 6.07) is 33.6. The summed E-state index contributed by atoms with van der Waals surface area (Å²) in [5.41, 5.74) is 7.22. The molecule has 0 spiro atoms. The minimum atomic E-state index is -0.0360. The Morgan fingerprint density at radius 1 is 0.750 bits per heavy atom. The molecule has 3 heteroatoms. The lowest BCUT2D eigenvalue weighted by Gasteiger charge is -2.12. The highest BCUT2D eigenvalue weighted by Gasteiger charge is 2.21. The van der Waals surface area contributed by atoms with E-state index in [0.29, 0.717) is 5.56 Å². The van der Waals surface area contributed by atoms with Crippen molar-refractivity contribution in [1.82, 2.24) is 9.38 Å². The molecule has 0 radical (unpaired) electrons. The number of carbonyl (C=O) groups is 1. The van der Waals surface area contributed by atoms with Crippen LogP contribution in [0.2, 0.25) is 0 Å². The van der Waals surface area contributed by atoms with E-state index in [1.54, 1.807) is 6.08 Å². The molecule has 3 nitrogen and oxygen atoms in total. The average molecular weight is 415 g/mol. The van der Waals surface area contributed by atoms with E-state index in [9.17, 15) is 4.79 Å². The van der Waals surface area contributed by atoms with Crippen LogP contribution in [0.5, 0.6) is 0 Å². The molecule has 154 valence electrons. The number of carbonyl (C=O) groups excluding carboxylic acids is 1. The summed E-state index contributed by atoms with van der Waals surface area (Å²) in [5.74, 6) is -0.0360. The number of fused-ring (bicyclic) bond motifs is 1. The van der Waals surface area contributed by atoms with Crippen LogP contribution in [0.1, 0.15) is 27.2 Å². The summed E-state index contributed by atoms with van der Waals surface area (Å²) in [6.45, 7) is 2.06. The van der Waals surface area contributed by atoms with Crippen LogP contribution in [0.25, 0.3) is 22.5 Å². The molecule has 32 heavy (non-hydrogen) atoms. The predicted octanol–water partition coefficient (Wildman–Crippen LogP) is 6.62. The Morgan fingerprint density at radius 3 is 2.00 bits per heavy atom. The third kappa shape index (κ3) is 3.65. The van der Waals surface area contributed by atoms with Crippen LogP contribution < -0.4 is 0 Å². The van der Waals surface area contributed by atoms with E-state index in [1.165, 1.54) is 0 Å². The fourth-order valence-electron chi connectivity index (χ4n) is 3.98. The molecule has 0 aliphatic carbocycles. The first kappa shape index (κ1) is 19.7. The Hall–Kier alpha value is -4.24. The van der Waals surface area contributed by atoms with Gasteiger partial charge >= 0.3 is 0 Å². The molecule has 0 unspecified atom stereocenters. The second kappa shape index (κ2) is 8.48. The van der Waals surface area contributed by atoms with Crippen LogP contribution in [0.3, 0.4) is 0 Å². The standard InChI is InChI=1S/C29H22N2O/c1-21-12-11-19-31-28(27(30-29(21)31)24-17-9-4-10-18-24)25(22-13-5-2-6-14-22)20-26(32)23-15-7-3-8-16-23/h2-20H,1H3/b25-20+. The maximum atomic E-state index is 13.3. The van der Waals surface area contributed by atoms with Gasteiger partial charge in [-0.25, -0.2) is 4.98 Å². The van der Waals surface area contributed by atoms with Crippen molar-refractivity contribution < 1.29 is 4.79 Å². The van der Waals surface area contributed by atoms with E-state index in [4.69, 9.17) is 4.98 Å². The maximum Gasteiger partial charge on any atom is 0.186 e. The molecule has 0 fully saturated rings. The fraction of sp³-hybridized carbons (Fsp3) is 0.0345. The third-order valence-electron chi connectivity index (χ3n) is 5.57. The molecule has 0 amide bonds. The maximum absolute atomic E-state index is 13.3. The predicted molar refractivity (Wildman–Crippen MR) is 130 cm³/mol. The van der Waals surface area contributed by atoms with Gasteiger partial charge in [0, 0.05) is 22.9 Å². The van der Waals surface area contributed by atoms with Crippen molar-refractivity contribution in [2.45, 2.75) is 6.92 Å². The molecule has 0 aliphatic rings. The van der Waals surface area contributed by atoms with E-state index in [2.05, 4.69) is 29.5 Å². The zero-order valence-electron chi connectivity index (χ0n) is 17.8. The number of hydrogen-bond donors (Lipinski definition) is 0. The summed E-state index contributed by atoms with van der Waals surface area (Å²) in [7, 11) is 0. The first-order valence-electron chi connectivity index (χ1n) is 10.6. The van der Waals surface area contributed by atoms with Gasteiger partial charge in [0.1, 0.15) is 5.65 Å². The quantitative estimate of drug-likeness (QED) is 0.239. The zero-order valence-corrected chi connectivity index (χ0v) is 17.8. The van der Waals surface area contributed by atoms with Gasteiger partial charge in [-0.1, -0.05) is 97.1 Å². The smallest absolute Gasteiger partial charge is 0.186 e. The molecule has 3 aromatic carbocycles. The van der Waals surface area contributed by atoms with Gasteiger partial charge in [0.05, 0.1) is 11.4 Å². The number of allylic oxidation sites excluding steroid dienone is 1. The normalized spacial score (nSPS) is 11.6. The van der Waals surface area contributed by atoms with Crippen LogP contribution in [0.4, 0.5) is 0 Å². The minimum Gasteiger partial charge on any atom is -0.299 e. The van der Waals surface area contributed by atoms with Gasteiger partial charge in [-0.3, -0.25) is 9.20 Å². The van der Waals surface area contributed by atoms with Crippen molar-refractivity contribution in [2.75, 3.05) is 0 Å². The van der Waals surface area contributed by atoms with Crippen molar-refractivity contribution in [3.05, 3.63) is 138 Å². The Bertz CT molecular complexity index is 1420. The van der Waals surface area contributed by atoms with Crippen LogP contribution in [0.15, 0.2) is 115 Å². The highest BCUT2D eigenvalue weighted by atomic mass is 16.1. The number of rotatable bonds is 5. The number of ketones is 1. The van der Waals surface area contributed by atoms with Crippen LogP contribution in [-0.4, -0.2) is 15.2 Å². The number of nitrogens with zero attached hydrogens (tertiary/aromatic N) is 2. The monoisotopic (exact) mass is 414 g/mol. The van der Waals surface area contributed by atoms with E-state index in [-0.39, 0.29) is 5.78 Å². The fourth-order valence-corrected chi connectivity index (χ4v) is 3.98. The largest absolute Gasteiger partial charge is 0.299 e. The highest BCUT2D eigenvalue weighted by molar-refractivity contribution is 6.11. The zero-order chi connectivity index (χ0) is 21.9. The topological polar surface area (TPSA) is 34.4 Å². The Kier molecular flexibility index (Phi) is 5.22. The summed E-state index contributed by atoms with van der Waals surface area (Å²) >= 11 is 0. The molecule has 2 aromatic heterocycles. The molecule has 0 saturated carbocycles. The summed E-state index contributed by atoms with van der Waals surface area (Å²) in [5, 5.41) is 0. The van der Waals surface area contributed by atoms with Crippen molar-refractivity contribution in [2.24, 2.45) is 0 Å². The van der Waals surface area contributed by atoms with Gasteiger partial charge in [-0.2, -0.15) is 0 Å². The van der Waals surface area contributed by atoms with Gasteiger partial charge < -0.3 is 0 Å². The van der Waals surface area contributed by atoms with Crippen LogP contribution in [-0.2, 0) is 0 Å². The average Bonchev–Trinajstić information content (AvgIpc) is 3.25. The third-order valence-corrected chi connectivity index (χ3v) is 5.57. The van der Waals surface area contributed by atoms with Crippen molar-refractivity contribution >= 4 is 17.0 Å². The van der Waals surface area contributed by atoms with Crippen molar-refractivity contribution in [1.29, 1.82) is 0 Å². The Labute approximate surface area is 187 Å². The van der Waals surface area contributed by atoms with Gasteiger partial charge in [0.2, 0.25) is 0 Å². The summed E-state index contributed by atoms with van der Waals surface area (Å²) in [6.07, 6.45) is 3.75. The van der Waals surface area contributed by atoms with E-state index in [0.717, 1.165) is 39.3 Å². The lowest BCUT2D eigenvalue weighted by molar-refractivity contribution is 0.104. The summed E-state index contributed by atoms with van der Waals surface area (Å²) in [4.78, 5) is 18.3. The highest BCUT2D eigenvalue weighted by Crippen LogP contribution is 2.34. The van der Waals surface area contributed by atoms with Gasteiger partial charge in [-0.15, -0.1) is 0 Å². The first-order valence-corrected chi connectivity index (χ1v) is 10.6. The second-order valence-corrected chi connectivity index (χ2v) is 7.71. The number of aryl methyl sites for hydroxylation is 1. The van der Waals surface area contributed by atoms with Gasteiger partial charge in [0.25, 0.3) is 0 Å². The first-order chi connectivity index (χ1) is 15.7. The molecule has 2 heterocycles. The molecule has 0 N–H and O–H groups in total. The van der Waals surface area contributed by atoms with E-state index in [1.807, 2.05) is 91.1 Å². The van der Waals surface area contributed by atoms with Crippen LogP contribution >= 0.6 is 0 Å². The SMILES string of the molecule is Cc1cccn2c(/C(=C/C(=O)c3ccccc3)c3ccccc3)c(-c3ccccc3)nc12. The molecular formula is C29H22N2O. The van der Waals surface area contributed by atoms with Crippen molar-refractivity contribution in [3.8, 4) is 11.3 Å². The van der Waals surface area contributed by atoms with Crippen molar-refractivity contribution in [3.63, 3.8) is 0 Å². The molecular weight excluding hydrogens is 392 g/mol. The lowest BCUT2D eigenvalue weighted by atomic mass is 9.96. The van der Waals surface area contributed by atoms with E-state index >= 15 is 0 Å². The second-order valence-electron chi connectivity index (χ2n) is 7.71. The number of aromatic nitrogens is 2. The van der Waals surface area contributed by atoms with Gasteiger partial charge in [0.15, 0.2) is 5.78 Å². The molecule has 5 aromatic rings. The molecule has 0 bridgehead atoms. The lowest BCUT2D eigenvalue weighted by Crippen LogP contribution is -2.01. The number of imidazole rings is 1. The Balaban J connectivity index is 1.82. The molecule has 0 atom stereocenters. The molecule has 0 saturated heterocycles. The van der Waals surface area contributed by atoms with Crippen LogP contribution in [0, 0.1) is 6.92 Å². The number of benzene rings is 3. The molecule has 0 aliphatic heterocycles. The summed E-state index contributed by atoms with van der Waals surface area (Å²) < 4.78 is 2.09. The van der Waals surface area contributed by atoms with Gasteiger partial charge in [-0.05, 0) is 30.2 Å². The van der Waals surface area contributed by atoms with E-state index < -0.39 is 0 Å².